The maximum atomic E-state index is 11.4. The zero-order chi connectivity index (χ0) is 9.84. The molecule has 0 bridgehead atoms. The van der Waals surface area contributed by atoms with Crippen molar-refractivity contribution < 1.29 is 9.59 Å². The Balaban J connectivity index is 2.41. The van der Waals surface area contributed by atoms with E-state index in [9.17, 15) is 9.59 Å². The summed E-state index contributed by atoms with van der Waals surface area (Å²) in [5.41, 5.74) is 0. The van der Waals surface area contributed by atoms with Crippen LogP contribution in [0.3, 0.4) is 0 Å². The van der Waals surface area contributed by atoms with Crippen molar-refractivity contribution in [1.82, 2.24) is 15.5 Å². The minimum Gasteiger partial charge on any atom is -0.353 e. The van der Waals surface area contributed by atoms with Gasteiger partial charge in [0.15, 0.2) is 0 Å². The minimum absolute atomic E-state index is 0.0924. The lowest BCUT2D eigenvalue weighted by atomic mass is 10.3. The van der Waals surface area contributed by atoms with Gasteiger partial charge in [0.05, 0.1) is 0 Å². The molecule has 0 aromatic carbocycles. The third kappa shape index (κ3) is 2.93. The van der Waals surface area contributed by atoms with Crippen LogP contribution in [0.5, 0.6) is 0 Å². The molecule has 1 rings (SSSR count). The van der Waals surface area contributed by atoms with E-state index in [1.54, 1.807) is 0 Å². The average molecular weight is 185 g/mol. The van der Waals surface area contributed by atoms with E-state index >= 15 is 0 Å². The molecule has 0 saturated carbocycles. The molecule has 0 atom stereocenters. The fourth-order valence-corrected chi connectivity index (χ4v) is 1.15. The second-order valence-corrected chi connectivity index (χ2v) is 3.38. The van der Waals surface area contributed by atoms with Crippen molar-refractivity contribution in [2.24, 2.45) is 0 Å². The highest BCUT2D eigenvalue weighted by Crippen LogP contribution is 1.94. The molecular weight excluding hydrogens is 170 g/mol. The molecule has 74 valence electrons. The summed E-state index contributed by atoms with van der Waals surface area (Å²) < 4.78 is 0. The van der Waals surface area contributed by atoms with E-state index in [-0.39, 0.29) is 24.5 Å². The number of rotatable bonds is 1. The van der Waals surface area contributed by atoms with Gasteiger partial charge in [-0.25, -0.2) is 4.79 Å². The Morgan fingerprint density at radius 2 is 2.31 bits per heavy atom. The summed E-state index contributed by atoms with van der Waals surface area (Å²) in [4.78, 5) is 23.8. The van der Waals surface area contributed by atoms with Crippen LogP contribution in [0.25, 0.3) is 0 Å². The summed E-state index contributed by atoms with van der Waals surface area (Å²) in [6, 6.07) is -0.0534. The van der Waals surface area contributed by atoms with Crippen LogP contribution in [0.2, 0.25) is 0 Å². The Hall–Kier alpha value is -1.26. The monoisotopic (exact) mass is 185 g/mol. The van der Waals surface area contributed by atoms with E-state index in [4.69, 9.17) is 0 Å². The van der Waals surface area contributed by atoms with Gasteiger partial charge in [0.2, 0.25) is 5.91 Å². The molecule has 2 N–H and O–H groups in total. The second kappa shape index (κ2) is 4.11. The molecule has 5 heteroatoms. The third-order valence-electron chi connectivity index (χ3n) is 1.74. The number of nitrogens with one attached hydrogen (secondary N) is 2. The normalized spacial score (nSPS) is 17.2. The van der Waals surface area contributed by atoms with Gasteiger partial charge < -0.3 is 15.5 Å². The van der Waals surface area contributed by atoms with E-state index < -0.39 is 0 Å². The Bertz CT molecular complexity index is 215. The van der Waals surface area contributed by atoms with Gasteiger partial charge in [-0.05, 0) is 13.8 Å². The van der Waals surface area contributed by atoms with Crippen molar-refractivity contribution in [1.29, 1.82) is 0 Å². The van der Waals surface area contributed by atoms with Gasteiger partial charge in [0.25, 0.3) is 0 Å². The van der Waals surface area contributed by atoms with Gasteiger partial charge in [-0.15, -0.1) is 0 Å². The molecule has 5 nitrogen and oxygen atoms in total. The molecule has 0 aromatic heterocycles. The van der Waals surface area contributed by atoms with E-state index in [1.807, 2.05) is 13.8 Å². The minimum atomic E-state index is -0.162. The van der Waals surface area contributed by atoms with Crippen molar-refractivity contribution in [3.8, 4) is 0 Å². The fraction of sp³-hybridized carbons (Fsp3) is 0.750. The zero-order valence-electron chi connectivity index (χ0n) is 7.96. The van der Waals surface area contributed by atoms with Gasteiger partial charge in [-0.2, -0.15) is 0 Å². The number of piperazine rings is 1. The van der Waals surface area contributed by atoms with Crippen molar-refractivity contribution in [2.45, 2.75) is 19.9 Å². The van der Waals surface area contributed by atoms with Crippen LogP contribution in [-0.2, 0) is 4.79 Å². The largest absolute Gasteiger partial charge is 0.353 e. The molecule has 0 aromatic rings. The van der Waals surface area contributed by atoms with Crippen LogP contribution < -0.4 is 10.6 Å². The summed E-state index contributed by atoms with van der Waals surface area (Å²) in [6.45, 7) is 5.08. The highest BCUT2D eigenvalue weighted by Gasteiger charge is 2.20. The Labute approximate surface area is 77.5 Å². The summed E-state index contributed by atoms with van der Waals surface area (Å²) in [5, 5.41) is 5.40. The third-order valence-corrected chi connectivity index (χ3v) is 1.74. The molecule has 1 heterocycles. The Morgan fingerprint density at radius 1 is 1.62 bits per heavy atom. The summed E-state index contributed by atoms with van der Waals surface area (Å²) >= 11 is 0. The van der Waals surface area contributed by atoms with Crippen molar-refractivity contribution in [3.63, 3.8) is 0 Å². The molecule has 0 spiro atoms. The Kier molecular flexibility index (Phi) is 3.11. The highest BCUT2D eigenvalue weighted by molar-refractivity contribution is 5.85. The second-order valence-electron chi connectivity index (χ2n) is 3.38. The van der Waals surface area contributed by atoms with Crippen molar-refractivity contribution >= 4 is 11.9 Å². The SMILES string of the molecule is CC(C)NC(=O)N1CCNC(=O)C1. The quantitative estimate of drug-likeness (QED) is 0.580. The highest BCUT2D eigenvalue weighted by atomic mass is 16.2. The van der Waals surface area contributed by atoms with Gasteiger partial charge >= 0.3 is 6.03 Å². The molecule has 0 aliphatic carbocycles. The van der Waals surface area contributed by atoms with Crippen LogP contribution in [0, 0.1) is 0 Å². The number of carbonyl (C=O) groups excluding carboxylic acids is 2. The lowest BCUT2D eigenvalue weighted by molar-refractivity contribution is -0.123. The molecule has 0 radical (unpaired) electrons. The standard InChI is InChI=1S/C8H15N3O2/c1-6(2)10-8(13)11-4-3-9-7(12)5-11/h6H,3-5H2,1-2H3,(H,9,12)(H,10,13). The predicted octanol–water partition coefficient (Wildman–Crippen LogP) is -0.464. The van der Waals surface area contributed by atoms with Gasteiger partial charge in [-0.3, -0.25) is 4.79 Å². The van der Waals surface area contributed by atoms with Crippen LogP contribution >= 0.6 is 0 Å². The van der Waals surface area contributed by atoms with Gasteiger partial charge in [0.1, 0.15) is 6.54 Å². The smallest absolute Gasteiger partial charge is 0.318 e. The number of amides is 3. The molecule has 13 heavy (non-hydrogen) atoms. The molecular formula is C8H15N3O2. The summed E-state index contributed by atoms with van der Waals surface area (Å²) in [7, 11) is 0. The number of urea groups is 1. The first kappa shape index (κ1) is 9.83. The predicted molar refractivity (Wildman–Crippen MR) is 48.3 cm³/mol. The van der Waals surface area contributed by atoms with Crippen LogP contribution in [0.4, 0.5) is 4.79 Å². The van der Waals surface area contributed by atoms with E-state index in [0.717, 1.165) is 0 Å². The maximum absolute atomic E-state index is 11.4. The topological polar surface area (TPSA) is 61.4 Å². The lowest BCUT2D eigenvalue weighted by Crippen LogP contribution is -2.53. The average Bonchev–Trinajstić information content (AvgIpc) is 2.03. The summed E-state index contributed by atoms with van der Waals surface area (Å²) in [6.07, 6.45) is 0. The number of hydrogen-bond acceptors (Lipinski definition) is 2. The van der Waals surface area contributed by atoms with E-state index in [1.165, 1.54) is 4.90 Å². The number of hydrogen-bond donors (Lipinski definition) is 2. The van der Waals surface area contributed by atoms with Gasteiger partial charge in [0, 0.05) is 19.1 Å². The zero-order valence-corrected chi connectivity index (χ0v) is 7.96. The Morgan fingerprint density at radius 3 is 2.85 bits per heavy atom. The van der Waals surface area contributed by atoms with Crippen molar-refractivity contribution in [2.75, 3.05) is 19.6 Å². The van der Waals surface area contributed by atoms with Crippen LogP contribution in [-0.4, -0.2) is 42.5 Å². The first-order valence-corrected chi connectivity index (χ1v) is 4.41. The van der Waals surface area contributed by atoms with E-state index in [0.29, 0.717) is 13.1 Å². The number of nitrogens with zero attached hydrogens (tertiary/aromatic N) is 1. The first-order valence-electron chi connectivity index (χ1n) is 4.41. The maximum Gasteiger partial charge on any atom is 0.318 e. The van der Waals surface area contributed by atoms with Crippen LogP contribution in [0.1, 0.15) is 13.8 Å². The first-order chi connectivity index (χ1) is 6.09. The fourth-order valence-electron chi connectivity index (χ4n) is 1.15. The van der Waals surface area contributed by atoms with E-state index in [2.05, 4.69) is 10.6 Å². The number of carbonyl (C=O) groups is 2. The molecule has 1 aliphatic rings. The molecule has 1 aliphatic heterocycles. The molecule has 1 saturated heterocycles. The van der Waals surface area contributed by atoms with Crippen LogP contribution in [0.15, 0.2) is 0 Å². The summed E-state index contributed by atoms with van der Waals surface area (Å²) in [5.74, 6) is -0.0924. The lowest BCUT2D eigenvalue weighted by Gasteiger charge is -2.27. The molecule has 3 amide bonds. The molecule has 1 fully saturated rings. The molecule has 0 unspecified atom stereocenters. The van der Waals surface area contributed by atoms with Gasteiger partial charge in [-0.1, -0.05) is 0 Å². The van der Waals surface area contributed by atoms with Crippen molar-refractivity contribution in [3.05, 3.63) is 0 Å².